The van der Waals surface area contributed by atoms with Gasteiger partial charge in [0.15, 0.2) is 5.82 Å². The van der Waals surface area contributed by atoms with Crippen molar-refractivity contribution in [1.82, 2.24) is 19.8 Å². The molecule has 1 saturated carbocycles. The summed E-state index contributed by atoms with van der Waals surface area (Å²) in [5, 5.41) is 8.83. The zero-order valence-corrected chi connectivity index (χ0v) is 15.1. The number of benzene rings is 1. The first-order valence-corrected chi connectivity index (χ1v) is 9.07. The average Bonchev–Trinajstić information content (AvgIpc) is 3.31. The third-order valence-corrected chi connectivity index (χ3v) is 5.22. The van der Waals surface area contributed by atoms with Crippen LogP contribution < -0.4 is 5.84 Å². The maximum atomic E-state index is 12.4. The van der Waals surface area contributed by atoms with Crippen molar-refractivity contribution in [2.75, 3.05) is 18.6 Å². The smallest absolute Gasteiger partial charge is 0.233 e. The summed E-state index contributed by atoms with van der Waals surface area (Å²) in [6.07, 6.45) is 2.25. The van der Waals surface area contributed by atoms with Crippen LogP contribution in [-0.4, -0.2) is 38.5 Å². The Morgan fingerprint density at radius 2 is 2.12 bits per heavy atom. The van der Waals surface area contributed by atoms with Gasteiger partial charge in [-0.05, 0) is 37.8 Å². The Labute approximate surface area is 146 Å². The molecule has 1 fully saturated rings. The van der Waals surface area contributed by atoms with Crippen molar-refractivity contribution in [2.24, 2.45) is 0 Å². The van der Waals surface area contributed by atoms with Crippen LogP contribution in [0.15, 0.2) is 23.4 Å². The fraction of sp³-hybridized carbons (Fsp3) is 0.471. The second-order valence-electron chi connectivity index (χ2n) is 6.45. The summed E-state index contributed by atoms with van der Waals surface area (Å²) in [7, 11) is 1.82. The van der Waals surface area contributed by atoms with Gasteiger partial charge in [0.05, 0.1) is 5.75 Å². The molecule has 6 nitrogen and oxygen atoms in total. The van der Waals surface area contributed by atoms with E-state index in [2.05, 4.69) is 42.2 Å². The first kappa shape index (κ1) is 16.8. The van der Waals surface area contributed by atoms with Gasteiger partial charge in [-0.2, -0.15) is 0 Å². The van der Waals surface area contributed by atoms with E-state index in [0.29, 0.717) is 23.4 Å². The maximum absolute atomic E-state index is 12.4. The minimum atomic E-state index is 0.0518. The number of carbonyl (C=O) groups is 1. The molecule has 1 amide bonds. The molecule has 0 unspecified atom stereocenters. The lowest BCUT2D eigenvalue weighted by atomic mass is 10.1. The van der Waals surface area contributed by atoms with E-state index in [9.17, 15) is 4.79 Å². The summed E-state index contributed by atoms with van der Waals surface area (Å²) in [4.78, 5) is 14.1. The zero-order valence-electron chi connectivity index (χ0n) is 14.3. The van der Waals surface area contributed by atoms with Gasteiger partial charge >= 0.3 is 0 Å². The van der Waals surface area contributed by atoms with Gasteiger partial charge in [-0.1, -0.05) is 35.5 Å². The molecule has 2 aromatic rings. The molecule has 1 aliphatic carbocycles. The Hall–Kier alpha value is -2.02. The summed E-state index contributed by atoms with van der Waals surface area (Å²) in [5.41, 5.74) is 3.60. The van der Waals surface area contributed by atoms with Gasteiger partial charge in [0.2, 0.25) is 11.1 Å². The highest BCUT2D eigenvalue weighted by Crippen LogP contribution is 2.39. The number of aryl methyl sites for hydroxylation is 2. The standard InChI is InChI=1S/C17H23N5OS/c1-11-4-5-14(12(2)8-11)9-21(3)15(23)10-24-17-20-19-16(22(17)18)13-6-7-13/h4-5,8,13H,6-7,9-10,18H2,1-3H3. The second-order valence-corrected chi connectivity index (χ2v) is 7.40. The fourth-order valence-electron chi connectivity index (χ4n) is 2.61. The Bertz CT molecular complexity index is 753. The molecule has 0 spiro atoms. The quantitative estimate of drug-likeness (QED) is 0.642. The number of amides is 1. The number of hydrogen-bond acceptors (Lipinski definition) is 5. The van der Waals surface area contributed by atoms with Gasteiger partial charge in [-0.15, -0.1) is 10.2 Å². The van der Waals surface area contributed by atoms with E-state index in [1.54, 1.807) is 4.90 Å². The molecule has 24 heavy (non-hydrogen) atoms. The van der Waals surface area contributed by atoms with Crippen molar-refractivity contribution in [3.63, 3.8) is 0 Å². The van der Waals surface area contributed by atoms with Crippen LogP contribution in [0.4, 0.5) is 0 Å². The lowest BCUT2D eigenvalue weighted by molar-refractivity contribution is -0.127. The van der Waals surface area contributed by atoms with Crippen LogP contribution in [-0.2, 0) is 11.3 Å². The minimum Gasteiger partial charge on any atom is -0.341 e. The highest BCUT2D eigenvalue weighted by molar-refractivity contribution is 7.99. The molecule has 0 saturated heterocycles. The van der Waals surface area contributed by atoms with E-state index in [4.69, 9.17) is 5.84 Å². The average molecular weight is 345 g/mol. The second kappa shape index (κ2) is 6.84. The van der Waals surface area contributed by atoms with Crippen molar-refractivity contribution >= 4 is 17.7 Å². The molecule has 3 rings (SSSR count). The normalized spacial score (nSPS) is 14.0. The van der Waals surface area contributed by atoms with Gasteiger partial charge in [0.1, 0.15) is 0 Å². The Balaban J connectivity index is 1.56. The van der Waals surface area contributed by atoms with Crippen LogP contribution in [0.2, 0.25) is 0 Å². The molecule has 2 N–H and O–H groups in total. The largest absolute Gasteiger partial charge is 0.341 e. The Morgan fingerprint density at radius 3 is 2.79 bits per heavy atom. The van der Waals surface area contributed by atoms with Crippen molar-refractivity contribution in [2.45, 2.75) is 44.3 Å². The molecule has 1 heterocycles. The van der Waals surface area contributed by atoms with Crippen LogP contribution in [0.3, 0.4) is 0 Å². The van der Waals surface area contributed by atoms with Crippen LogP contribution in [0.5, 0.6) is 0 Å². The number of rotatable bonds is 6. The molecule has 1 aromatic carbocycles. The molecule has 7 heteroatoms. The summed E-state index contributed by atoms with van der Waals surface area (Å²) >= 11 is 1.34. The van der Waals surface area contributed by atoms with Crippen molar-refractivity contribution in [3.8, 4) is 0 Å². The molecule has 0 bridgehead atoms. The van der Waals surface area contributed by atoms with E-state index >= 15 is 0 Å². The van der Waals surface area contributed by atoms with E-state index in [1.165, 1.54) is 33.1 Å². The fourth-order valence-corrected chi connectivity index (χ4v) is 3.41. The van der Waals surface area contributed by atoms with E-state index in [-0.39, 0.29) is 5.91 Å². The van der Waals surface area contributed by atoms with Gasteiger partial charge in [-0.25, -0.2) is 4.68 Å². The van der Waals surface area contributed by atoms with Crippen molar-refractivity contribution < 1.29 is 4.79 Å². The Kier molecular flexibility index (Phi) is 4.80. The number of nitrogens with two attached hydrogens (primary N) is 1. The van der Waals surface area contributed by atoms with Gasteiger partial charge in [-0.3, -0.25) is 4.79 Å². The van der Waals surface area contributed by atoms with Crippen LogP contribution >= 0.6 is 11.8 Å². The molecule has 0 aliphatic heterocycles. The summed E-state index contributed by atoms with van der Waals surface area (Å²) in [5.74, 6) is 7.64. The first-order valence-electron chi connectivity index (χ1n) is 8.09. The number of nitrogen functional groups attached to an aromatic ring is 1. The SMILES string of the molecule is Cc1ccc(CN(C)C(=O)CSc2nnc(C3CC3)n2N)c(C)c1. The zero-order chi connectivity index (χ0) is 17.3. The highest BCUT2D eigenvalue weighted by Gasteiger charge is 2.30. The number of thioether (sulfide) groups is 1. The number of hydrogen-bond donors (Lipinski definition) is 1. The van der Waals surface area contributed by atoms with Crippen molar-refractivity contribution in [1.29, 1.82) is 0 Å². The van der Waals surface area contributed by atoms with Crippen LogP contribution in [0.25, 0.3) is 0 Å². The topological polar surface area (TPSA) is 77.0 Å². The summed E-state index contributed by atoms with van der Waals surface area (Å²) in [6.45, 7) is 4.75. The van der Waals surface area contributed by atoms with Gasteiger partial charge < -0.3 is 10.7 Å². The molecular formula is C17H23N5OS. The molecule has 0 radical (unpaired) electrons. The van der Waals surface area contributed by atoms with Crippen LogP contribution in [0.1, 0.15) is 41.3 Å². The monoisotopic (exact) mass is 345 g/mol. The first-order chi connectivity index (χ1) is 11.5. The predicted molar refractivity (Wildman–Crippen MR) is 95.3 cm³/mol. The van der Waals surface area contributed by atoms with Gasteiger partial charge in [0.25, 0.3) is 0 Å². The van der Waals surface area contributed by atoms with Crippen molar-refractivity contribution in [3.05, 3.63) is 40.7 Å². The Morgan fingerprint density at radius 1 is 1.38 bits per heavy atom. The molecule has 1 aromatic heterocycles. The number of carbonyl (C=O) groups excluding carboxylic acids is 1. The van der Waals surface area contributed by atoms with E-state index < -0.39 is 0 Å². The summed E-state index contributed by atoms with van der Waals surface area (Å²) < 4.78 is 1.53. The summed E-state index contributed by atoms with van der Waals surface area (Å²) in [6, 6.07) is 6.30. The third-order valence-electron chi connectivity index (χ3n) is 4.29. The molecular weight excluding hydrogens is 322 g/mol. The number of nitrogens with zero attached hydrogens (tertiary/aromatic N) is 4. The van der Waals surface area contributed by atoms with E-state index in [0.717, 1.165) is 18.7 Å². The molecule has 1 aliphatic rings. The molecule has 0 atom stereocenters. The lowest BCUT2D eigenvalue weighted by Gasteiger charge is -2.18. The lowest BCUT2D eigenvalue weighted by Crippen LogP contribution is -2.28. The number of aromatic nitrogens is 3. The van der Waals surface area contributed by atoms with Gasteiger partial charge in [0, 0.05) is 19.5 Å². The van der Waals surface area contributed by atoms with E-state index in [1.807, 2.05) is 7.05 Å². The predicted octanol–water partition coefficient (Wildman–Crippen LogP) is 2.24. The van der Waals surface area contributed by atoms with Crippen LogP contribution in [0, 0.1) is 13.8 Å². The minimum absolute atomic E-state index is 0.0518. The maximum Gasteiger partial charge on any atom is 0.233 e. The molecule has 128 valence electrons. The third kappa shape index (κ3) is 3.72. The highest BCUT2D eigenvalue weighted by atomic mass is 32.2.